The molecule has 3 rings (SSSR count). The maximum atomic E-state index is 5.90. The first-order valence-corrected chi connectivity index (χ1v) is 7.82. The van der Waals surface area contributed by atoms with Gasteiger partial charge in [0.05, 0.1) is 11.0 Å². The molecule has 1 aromatic carbocycles. The van der Waals surface area contributed by atoms with Gasteiger partial charge in [-0.3, -0.25) is 0 Å². The molecule has 1 saturated carbocycles. The fourth-order valence-corrected chi connectivity index (χ4v) is 3.53. The molecule has 1 fully saturated rings. The van der Waals surface area contributed by atoms with Crippen molar-refractivity contribution >= 4 is 16.7 Å². The summed E-state index contributed by atoms with van der Waals surface area (Å²) in [4.78, 5) is 4.82. The smallest absolute Gasteiger partial charge is 0.112 e. The van der Waals surface area contributed by atoms with E-state index >= 15 is 0 Å². The molecule has 0 amide bonds. The first-order valence-electron chi connectivity index (χ1n) is 7.82. The number of anilines is 1. The van der Waals surface area contributed by atoms with Crippen molar-refractivity contribution < 1.29 is 0 Å². The van der Waals surface area contributed by atoms with Crippen LogP contribution in [0.2, 0.25) is 0 Å². The van der Waals surface area contributed by atoms with E-state index < -0.39 is 0 Å². The van der Waals surface area contributed by atoms with Crippen LogP contribution in [0.4, 0.5) is 5.69 Å². The predicted molar refractivity (Wildman–Crippen MR) is 84.7 cm³/mol. The predicted octanol–water partition coefficient (Wildman–Crippen LogP) is 4.18. The second-order valence-electron chi connectivity index (χ2n) is 6.65. The van der Waals surface area contributed by atoms with Gasteiger partial charge in [0.2, 0.25) is 0 Å². The fourth-order valence-electron chi connectivity index (χ4n) is 3.53. The molecule has 1 heterocycles. The van der Waals surface area contributed by atoms with E-state index in [0.717, 1.165) is 29.6 Å². The highest BCUT2D eigenvalue weighted by molar-refractivity contribution is 5.79. The van der Waals surface area contributed by atoms with E-state index in [-0.39, 0.29) is 0 Å². The number of hydrogen-bond acceptors (Lipinski definition) is 2. The number of hydrogen-bond donors (Lipinski definition) is 1. The van der Waals surface area contributed by atoms with Crippen LogP contribution in [-0.4, -0.2) is 9.55 Å². The zero-order valence-corrected chi connectivity index (χ0v) is 12.8. The van der Waals surface area contributed by atoms with Gasteiger partial charge < -0.3 is 10.3 Å². The van der Waals surface area contributed by atoms with Crippen molar-refractivity contribution in [2.45, 2.75) is 52.5 Å². The zero-order chi connectivity index (χ0) is 14.3. The van der Waals surface area contributed by atoms with Crippen LogP contribution in [0, 0.1) is 11.8 Å². The molecule has 1 aromatic heterocycles. The van der Waals surface area contributed by atoms with Gasteiger partial charge in [0.15, 0.2) is 0 Å². The summed E-state index contributed by atoms with van der Waals surface area (Å²) in [6, 6.07) is 6.11. The molecule has 2 unspecified atom stereocenters. The molecule has 1 aliphatic rings. The average Bonchev–Trinajstić information content (AvgIpc) is 2.95. The van der Waals surface area contributed by atoms with E-state index in [1.807, 2.05) is 12.1 Å². The quantitative estimate of drug-likeness (QED) is 0.851. The molecule has 2 atom stereocenters. The molecule has 0 bridgehead atoms. The standard InChI is InChI=1S/C17H25N3/c1-11(2)17-19-15-9-14(18)7-8-16(15)20(17)10-13-6-4-5-12(13)3/h7-9,11-13H,4-6,10,18H2,1-3H3. The Morgan fingerprint density at radius 1 is 1.35 bits per heavy atom. The Morgan fingerprint density at radius 2 is 2.15 bits per heavy atom. The van der Waals surface area contributed by atoms with E-state index in [1.54, 1.807) is 0 Å². The van der Waals surface area contributed by atoms with Gasteiger partial charge in [-0.25, -0.2) is 4.98 Å². The summed E-state index contributed by atoms with van der Waals surface area (Å²) >= 11 is 0. The molecule has 1 aliphatic carbocycles. The number of fused-ring (bicyclic) bond motifs is 1. The van der Waals surface area contributed by atoms with Crippen molar-refractivity contribution in [2.24, 2.45) is 11.8 Å². The van der Waals surface area contributed by atoms with Gasteiger partial charge >= 0.3 is 0 Å². The summed E-state index contributed by atoms with van der Waals surface area (Å²) in [6.45, 7) is 7.94. The Kier molecular flexibility index (Phi) is 3.45. The van der Waals surface area contributed by atoms with Crippen LogP contribution in [0.3, 0.4) is 0 Å². The highest BCUT2D eigenvalue weighted by Crippen LogP contribution is 2.34. The second-order valence-corrected chi connectivity index (χ2v) is 6.65. The first kappa shape index (κ1) is 13.5. The first-order chi connectivity index (χ1) is 9.56. The van der Waals surface area contributed by atoms with Gasteiger partial charge in [-0.15, -0.1) is 0 Å². The van der Waals surface area contributed by atoms with Crippen LogP contribution >= 0.6 is 0 Å². The van der Waals surface area contributed by atoms with Crippen molar-refractivity contribution in [1.82, 2.24) is 9.55 Å². The highest BCUT2D eigenvalue weighted by Gasteiger charge is 2.25. The van der Waals surface area contributed by atoms with Crippen molar-refractivity contribution in [3.63, 3.8) is 0 Å². The monoisotopic (exact) mass is 271 g/mol. The minimum atomic E-state index is 0.445. The number of rotatable bonds is 3. The fraction of sp³-hybridized carbons (Fsp3) is 0.588. The Balaban J connectivity index is 2.04. The van der Waals surface area contributed by atoms with E-state index in [9.17, 15) is 0 Å². The highest BCUT2D eigenvalue weighted by atomic mass is 15.1. The lowest BCUT2D eigenvalue weighted by Gasteiger charge is -2.19. The van der Waals surface area contributed by atoms with Crippen LogP contribution in [0.25, 0.3) is 11.0 Å². The summed E-state index contributed by atoms with van der Waals surface area (Å²) in [5, 5.41) is 0. The summed E-state index contributed by atoms with van der Waals surface area (Å²) in [5.41, 5.74) is 8.97. The molecular formula is C17H25N3. The molecule has 0 aliphatic heterocycles. The topological polar surface area (TPSA) is 43.8 Å². The third kappa shape index (κ3) is 2.30. The number of aromatic nitrogens is 2. The summed E-state index contributed by atoms with van der Waals surface area (Å²) in [7, 11) is 0. The molecule has 20 heavy (non-hydrogen) atoms. The molecule has 0 spiro atoms. The van der Waals surface area contributed by atoms with Gasteiger partial charge in [-0.05, 0) is 36.5 Å². The Hall–Kier alpha value is -1.51. The van der Waals surface area contributed by atoms with Gasteiger partial charge in [0.1, 0.15) is 5.82 Å². The van der Waals surface area contributed by atoms with E-state index in [1.165, 1.54) is 30.6 Å². The SMILES string of the molecule is CC(C)c1nc2cc(N)ccc2n1CC1CCCC1C. The van der Waals surface area contributed by atoms with Crippen molar-refractivity contribution in [3.8, 4) is 0 Å². The average molecular weight is 271 g/mol. The van der Waals surface area contributed by atoms with Gasteiger partial charge in [-0.2, -0.15) is 0 Å². The molecule has 2 N–H and O–H groups in total. The second kappa shape index (κ2) is 5.12. The lowest BCUT2D eigenvalue weighted by atomic mass is 9.98. The molecule has 2 aromatic rings. The van der Waals surface area contributed by atoms with Crippen molar-refractivity contribution in [3.05, 3.63) is 24.0 Å². The van der Waals surface area contributed by atoms with Gasteiger partial charge in [0.25, 0.3) is 0 Å². The molecule has 108 valence electrons. The van der Waals surface area contributed by atoms with Crippen LogP contribution in [0.1, 0.15) is 51.8 Å². The molecule has 3 heteroatoms. The number of nitrogen functional groups attached to an aromatic ring is 1. The zero-order valence-electron chi connectivity index (χ0n) is 12.8. The minimum Gasteiger partial charge on any atom is -0.399 e. The van der Waals surface area contributed by atoms with E-state index in [0.29, 0.717) is 5.92 Å². The Bertz CT molecular complexity index is 612. The number of benzene rings is 1. The third-order valence-electron chi connectivity index (χ3n) is 4.77. The molecule has 0 radical (unpaired) electrons. The third-order valence-corrected chi connectivity index (χ3v) is 4.77. The normalized spacial score (nSPS) is 23.0. The lowest BCUT2D eigenvalue weighted by molar-refractivity contribution is 0.361. The number of nitrogens with zero attached hydrogens (tertiary/aromatic N) is 2. The van der Waals surface area contributed by atoms with Crippen molar-refractivity contribution in [1.29, 1.82) is 0 Å². The molecule has 0 saturated heterocycles. The Labute approximate surface area is 121 Å². The van der Waals surface area contributed by atoms with Crippen LogP contribution in [0.5, 0.6) is 0 Å². The van der Waals surface area contributed by atoms with E-state index in [4.69, 9.17) is 10.7 Å². The van der Waals surface area contributed by atoms with Crippen LogP contribution < -0.4 is 5.73 Å². The summed E-state index contributed by atoms with van der Waals surface area (Å²) in [5.74, 6) is 3.27. The lowest BCUT2D eigenvalue weighted by Crippen LogP contribution is -2.16. The maximum Gasteiger partial charge on any atom is 0.112 e. The summed E-state index contributed by atoms with van der Waals surface area (Å²) < 4.78 is 2.44. The van der Waals surface area contributed by atoms with Crippen LogP contribution in [0.15, 0.2) is 18.2 Å². The van der Waals surface area contributed by atoms with Gasteiger partial charge in [0, 0.05) is 18.2 Å². The largest absolute Gasteiger partial charge is 0.399 e. The van der Waals surface area contributed by atoms with Crippen molar-refractivity contribution in [2.75, 3.05) is 5.73 Å². The van der Waals surface area contributed by atoms with Gasteiger partial charge in [-0.1, -0.05) is 33.6 Å². The summed E-state index contributed by atoms with van der Waals surface area (Å²) in [6.07, 6.45) is 4.11. The maximum absolute atomic E-state index is 5.90. The number of nitrogens with two attached hydrogens (primary N) is 1. The van der Waals surface area contributed by atoms with Crippen LogP contribution in [-0.2, 0) is 6.54 Å². The molecular weight excluding hydrogens is 246 g/mol. The molecule has 3 nitrogen and oxygen atoms in total. The van der Waals surface area contributed by atoms with E-state index in [2.05, 4.69) is 31.4 Å². The Morgan fingerprint density at radius 3 is 2.80 bits per heavy atom. The minimum absolute atomic E-state index is 0.445. The number of imidazole rings is 1.